The van der Waals surface area contributed by atoms with Gasteiger partial charge in [-0.25, -0.2) is 4.79 Å². The van der Waals surface area contributed by atoms with Gasteiger partial charge in [0.1, 0.15) is 0 Å². The molecule has 1 aromatic carbocycles. The number of benzene rings is 1. The molecule has 1 atom stereocenters. The van der Waals surface area contributed by atoms with E-state index in [0.717, 1.165) is 10.0 Å². The second-order valence-electron chi connectivity index (χ2n) is 4.06. The van der Waals surface area contributed by atoms with Crippen LogP contribution in [0.3, 0.4) is 0 Å². The van der Waals surface area contributed by atoms with Crippen LogP contribution in [0.1, 0.15) is 22.8 Å². The maximum atomic E-state index is 10.8. The van der Waals surface area contributed by atoms with E-state index in [1.54, 1.807) is 18.2 Å². The number of aliphatic hydroxyl groups excluding tert-OH is 1. The van der Waals surface area contributed by atoms with E-state index < -0.39 is 5.97 Å². The fourth-order valence-electron chi connectivity index (χ4n) is 1.37. The lowest BCUT2D eigenvalue weighted by molar-refractivity contribution is 0.0697. The average molecular weight is 302 g/mol. The number of aromatic carboxylic acids is 1. The van der Waals surface area contributed by atoms with Crippen molar-refractivity contribution in [2.75, 3.05) is 13.7 Å². The van der Waals surface area contributed by atoms with Crippen molar-refractivity contribution in [3.8, 4) is 0 Å². The van der Waals surface area contributed by atoms with Gasteiger partial charge in [0.25, 0.3) is 0 Å². The van der Waals surface area contributed by atoms with Gasteiger partial charge < -0.3 is 10.2 Å². The molecule has 0 aliphatic heterocycles. The molecule has 0 fully saturated rings. The van der Waals surface area contributed by atoms with E-state index in [4.69, 9.17) is 10.2 Å². The third-order valence-corrected chi connectivity index (χ3v) is 3.47. The van der Waals surface area contributed by atoms with Gasteiger partial charge in [0.2, 0.25) is 0 Å². The minimum absolute atomic E-state index is 0.0704. The molecule has 1 rings (SSSR count). The molecule has 17 heavy (non-hydrogen) atoms. The number of aliphatic hydroxyl groups is 1. The van der Waals surface area contributed by atoms with Gasteiger partial charge in [-0.05, 0) is 31.7 Å². The average Bonchev–Trinajstić information content (AvgIpc) is 2.30. The molecule has 1 aromatic rings. The lowest BCUT2D eigenvalue weighted by atomic mass is 10.1. The summed E-state index contributed by atoms with van der Waals surface area (Å²) in [5, 5.41) is 17.9. The zero-order chi connectivity index (χ0) is 13.0. The Balaban J connectivity index is 2.82. The van der Waals surface area contributed by atoms with Gasteiger partial charge in [-0.15, -0.1) is 0 Å². The predicted molar refractivity (Wildman–Crippen MR) is 69.1 cm³/mol. The molecule has 5 heteroatoms. The third kappa shape index (κ3) is 3.80. The van der Waals surface area contributed by atoms with Gasteiger partial charge in [0.05, 0.1) is 12.2 Å². The zero-order valence-corrected chi connectivity index (χ0v) is 11.4. The predicted octanol–water partition coefficient (Wildman–Crippen LogP) is 1.96. The smallest absolute Gasteiger partial charge is 0.335 e. The van der Waals surface area contributed by atoms with Gasteiger partial charge in [0.15, 0.2) is 0 Å². The Bertz CT molecular complexity index is 409. The van der Waals surface area contributed by atoms with Crippen LogP contribution in [0.15, 0.2) is 22.7 Å². The fraction of sp³-hybridized carbons (Fsp3) is 0.417. The van der Waals surface area contributed by atoms with Crippen LogP contribution in [0.2, 0.25) is 0 Å². The number of carboxylic acid groups (broad SMARTS) is 1. The van der Waals surface area contributed by atoms with E-state index >= 15 is 0 Å². The molecule has 0 aliphatic carbocycles. The van der Waals surface area contributed by atoms with Crippen LogP contribution in [0.4, 0.5) is 0 Å². The molecule has 0 heterocycles. The maximum absolute atomic E-state index is 10.8. The minimum Gasteiger partial charge on any atom is -0.478 e. The van der Waals surface area contributed by atoms with Crippen molar-refractivity contribution in [3.63, 3.8) is 0 Å². The van der Waals surface area contributed by atoms with Crippen LogP contribution < -0.4 is 0 Å². The second kappa shape index (κ2) is 6.14. The number of rotatable bonds is 5. The van der Waals surface area contributed by atoms with E-state index in [1.807, 2.05) is 18.9 Å². The summed E-state index contributed by atoms with van der Waals surface area (Å²) in [7, 11) is 1.92. The molecule has 0 aromatic heterocycles. The summed E-state index contributed by atoms with van der Waals surface area (Å²) in [6.45, 7) is 2.68. The summed E-state index contributed by atoms with van der Waals surface area (Å²) in [6.07, 6.45) is 0. The topological polar surface area (TPSA) is 60.8 Å². The first kappa shape index (κ1) is 14.2. The van der Waals surface area contributed by atoms with Crippen LogP contribution in [-0.2, 0) is 6.54 Å². The van der Waals surface area contributed by atoms with Crippen molar-refractivity contribution in [3.05, 3.63) is 33.8 Å². The van der Waals surface area contributed by atoms with Gasteiger partial charge in [-0.2, -0.15) is 0 Å². The van der Waals surface area contributed by atoms with Crippen LogP contribution in [0.25, 0.3) is 0 Å². The molecule has 0 saturated carbocycles. The molecule has 0 aliphatic rings. The Morgan fingerprint density at radius 3 is 2.65 bits per heavy atom. The largest absolute Gasteiger partial charge is 0.478 e. The van der Waals surface area contributed by atoms with Crippen LogP contribution in [0, 0.1) is 0 Å². The number of hydrogen-bond donors (Lipinski definition) is 2. The molecule has 2 N–H and O–H groups in total. The molecule has 94 valence electrons. The normalized spacial score (nSPS) is 12.8. The van der Waals surface area contributed by atoms with Gasteiger partial charge in [0, 0.05) is 17.1 Å². The van der Waals surface area contributed by atoms with Crippen molar-refractivity contribution in [2.45, 2.75) is 19.5 Å². The highest BCUT2D eigenvalue weighted by molar-refractivity contribution is 9.10. The number of carbonyl (C=O) groups is 1. The second-order valence-corrected chi connectivity index (χ2v) is 4.91. The molecule has 4 nitrogen and oxygen atoms in total. The number of halogens is 1. The fourth-order valence-corrected chi connectivity index (χ4v) is 1.88. The van der Waals surface area contributed by atoms with Crippen molar-refractivity contribution >= 4 is 21.9 Å². The molecule has 0 radical (unpaired) electrons. The molecular weight excluding hydrogens is 286 g/mol. The molecule has 1 unspecified atom stereocenters. The summed E-state index contributed by atoms with van der Waals surface area (Å²) in [4.78, 5) is 12.8. The summed E-state index contributed by atoms with van der Waals surface area (Å²) < 4.78 is 0.773. The van der Waals surface area contributed by atoms with E-state index in [1.165, 1.54) is 0 Å². The van der Waals surface area contributed by atoms with Crippen molar-refractivity contribution in [2.24, 2.45) is 0 Å². The highest BCUT2D eigenvalue weighted by Crippen LogP contribution is 2.20. The summed E-state index contributed by atoms with van der Waals surface area (Å²) >= 11 is 3.36. The molecule has 0 amide bonds. The van der Waals surface area contributed by atoms with Gasteiger partial charge in [-0.1, -0.05) is 22.0 Å². The monoisotopic (exact) mass is 301 g/mol. The zero-order valence-electron chi connectivity index (χ0n) is 9.85. The minimum atomic E-state index is -0.936. The Hall–Kier alpha value is -0.910. The van der Waals surface area contributed by atoms with Crippen molar-refractivity contribution < 1.29 is 15.0 Å². The first-order valence-corrected chi connectivity index (χ1v) is 6.07. The van der Waals surface area contributed by atoms with Gasteiger partial charge in [-0.3, -0.25) is 4.90 Å². The van der Waals surface area contributed by atoms with E-state index in [0.29, 0.717) is 6.54 Å². The molecular formula is C12H16BrNO3. The molecule has 0 spiro atoms. The Morgan fingerprint density at radius 2 is 2.18 bits per heavy atom. The molecule has 0 saturated heterocycles. The highest BCUT2D eigenvalue weighted by atomic mass is 79.9. The molecule has 0 bridgehead atoms. The number of hydrogen-bond acceptors (Lipinski definition) is 3. The van der Waals surface area contributed by atoms with Crippen molar-refractivity contribution in [1.82, 2.24) is 4.90 Å². The number of nitrogens with zero attached hydrogens (tertiary/aromatic N) is 1. The third-order valence-electron chi connectivity index (χ3n) is 2.74. The number of carboxylic acids is 1. The van der Waals surface area contributed by atoms with Crippen LogP contribution in [0.5, 0.6) is 0 Å². The summed E-state index contributed by atoms with van der Waals surface area (Å²) in [5.41, 5.74) is 1.26. The van der Waals surface area contributed by atoms with Gasteiger partial charge >= 0.3 is 5.97 Å². The first-order chi connectivity index (χ1) is 7.95. The Labute approximate surface area is 109 Å². The highest BCUT2D eigenvalue weighted by Gasteiger charge is 2.11. The lowest BCUT2D eigenvalue weighted by Gasteiger charge is -2.23. The Morgan fingerprint density at radius 1 is 1.53 bits per heavy atom. The Kier molecular flexibility index (Phi) is 5.11. The van der Waals surface area contributed by atoms with Crippen LogP contribution in [-0.4, -0.2) is 40.8 Å². The van der Waals surface area contributed by atoms with E-state index in [2.05, 4.69) is 15.9 Å². The summed E-state index contributed by atoms with van der Waals surface area (Å²) in [5.74, 6) is -0.936. The van der Waals surface area contributed by atoms with Crippen LogP contribution >= 0.6 is 15.9 Å². The lowest BCUT2D eigenvalue weighted by Crippen LogP contribution is -2.31. The van der Waals surface area contributed by atoms with Crippen molar-refractivity contribution in [1.29, 1.82) is 0 Å². The maximum Gasteiger partial charge on any atom is 0.335 e. The number of likely N-dealkylation sites (N-methyl/N-ethyl adjacent to an activating group) is 1. The quantitative estimate of drug-likeness (QED) is 0.873. The van der Waals surface area contributed by atoms with E-state index in [9.17, 15) is 4.79 Å². The van der Waals surface area contributed by atoms with E-state index in [-0.39, 0.29) is 18.2 Å². The standard InChI is InChI=1S/C12H16BrNO3/c1-8(7-15)14(2)6-10-4-3-9(12(16)17)5-11(10)13/h3-5,8,15H,6-7H2,1-2H3,(H,16,17). The summed E-state index contributed by atoms with van der Waals surface area (Å²) in [6, 6.07) is 5.03. The first-order valence-electron chi connectivity index (χ1n) is 5.28. The SMILES string of the molecule is CC(CO)N(C)Cc1ccc(C(=O)O)cc1Br.